The molecule has 0 unspecified atom stereocenters. The van der Waals surface area contributed by atoms with Gasteiger partial charge in [-0.25, -0.2) is 0 Å². The molecule has 0 aliphatic carbocycles. The Morgan fingerprint density at radius 2 is 1.28 bits per heavy atom. The van der Waals surface area contributed by atoms with Crippen LogP contribution in [-0.4, -0.2) is 24.7 Å². The highest BCUT2D eigenvalue weighted by atomic mass is 16.5. The van der Waals surface area contributed by atoms with Gasteiger partial charge in [-0.2, -0.15) is 10.2 Å². The molecule has 3 heterocycles. The van der Waals surface area contributed by atoms with Crippen molar-refractivity contribution in [1.29, 1.82) is 0 Å². The molecular formula is C26H45N5O. The summed E-state index contributed by atoms with van der Waals surface area (Å²) in [5, 5.41) is 12.3. The van der Waals surface area contributed by atoms with E-state index in [4.69, 9.17) is 4.52 Å². The first-order chi connectivity index (χ1) is 14.3. The van der Waals surface area contributed by atoms with Crippen molar-refractivity contribution in [3.8, 4) is 0 Å². The van der Waals surface area contributed by atoms with E-state index in [0.717, 1.165) is 17.1 Å². The van der Waals surface area contributed by atoms with Gasteiger partial charge in [0.25, 0.3) is 0 Å². The Hall–Kier alpha value is -2.37. The van der Waals surface area contributed by atoms with E-state index in [1.54, 1.807) is 0 Å². The number of hydrogen-bond acceptors (Lipinski definition) is 4. The molecule has 0 fully saturated rings. The van der Waals surface area contributed by atoms with Crippen LogP contribution in [-0.2, 0) is 30.3 Å². The fourth-order valence-corrected chi connectivity index (χ4v) is 3.70. The van der Waals surface area contributed by atoms with Crippen molar-refractivity contribution in [2.24, 2.45) is 14.1 Å². The molecule has 32 heavy (non-hydrogen) atoms. The first-order valence-electron chi connectivity index (χ1n) is 11.3. The van der Waals surface area contributed by atoms with Gasteiger partial charge in [0.2, 0.25) is 0 Å². The largest absolute Gasteiger partial charge is 0.361 e. The molecule has 3 aromatic heterocycles. The number of rotatable bonds is 0. The van der Waals surface area contributed by atoms with E-state index >= 15 is 0 Å². The second-order valence-corrected chi connectivity index (χ2v) is 11.7. The molecule has 0 bridgehead atoms. The molecular weight excluding hydrogens is 398 g/mol. The fourth-order valence-electron chi connectivity index (χ4n) is 3.70. The second-order valence-electron chi connectivity index (χ2n) is 11.7. The Labute approximate surface area is 195 Å². The molecule has 6 heteroatoms. The van der Waals surface area contributed by atoms with Crippen molar-refractivity contribution < 1.29 is 4.52 Å². The summed E-state index contributed by atoms with van der Waals surface area (Å²) >= 11 is 0. The van der Waals surface area contributed by atoms with E-state index in [-0.39, 0.29) is 16.2 Å². The van der Waals surface area contributed by atoms with Gasteiger partial charge in [-0.3, -0.25) is 9.36 Å². The minimum Gasteiger partial charge on any atom is -0.361 e. The lowest BCUT2D eigenvalue weighted by atomic mass is 9.86. The molecule has 3 aromatic rings. The Balaban J connectivity index is 0.000000240. The third-order valence-electron chi connectivity index (χ3n) is 5.18. The van der Waals surface area contributed by atoms with Gasteiger partial charge in [-0.1, -0.05) is 67.5 Å². The van der Waals surface area contributed by atoms with Crippen molar-refractivity contribution in [3.05, 3.63) is 52.4 Å². The quantitative estimate of drug-likeness (QED) is 0.407. The zero-order chi connectivity index (χ0) is 25.1. The van der Waals surface area contributed by atoms with Gasteiger partial charge < -0.3 is 4.52 Å². The molecule has 3 rings (SSSR count). The predicted octanol–water partition coefficient (Wildman–Crippen LogP) is 6.33. The zero-order valence-electron chi connectivity index (χ0n) is 22.9. The van der Waals surface area contributed by atoms with Crippen LogP contribution in [0.4, 0.5) is 0 Å². The maximum Gasteiger partial charge on any atom is 0.137 e. The van der Waals surface area contributed by atoms with Crippen molar-refractivity contribution >= 4 is 0 Å². The van der Waals surface area contributed by atoms with Gasteiger partial charge in [0.1, 0.15) is 5.76 Å². The molecule has 0 amide bonds. The number of aromatic nitrogens is 5. The van der Waals surface area contributed by atoms with Crippen LogP contribution in [0.3, 0.4) is 0 Å². The summed E-state index contributed by atoms with van der Waals surface area (Å²) in [5.74, 6) is 0.940. The number of aryl methyl sites for hydroxylation is 5. The van der Waals surface area contributed by atoms with E-state index in [1.807, 2.05) is 43.5 Å². The fraction of sp³-hybridized carbons (Fsp3) is 0.654. The lowest BCUT2D eigenvalue weighted by molar-refractivity contribution is 0.389. The smallest absolute Gasteiger partial charge is 0.137 e. The molecule has 0 saturated heterocycles. The molecule has 0 aliphatic heterocycles. The Kier molecular flexibility index (Phi) is 8.69. The highest BCUT2D eigenvalue weighted by molar-refractivity contribution is 5.28. The molecule has 180 valence electrons. The van der Waals surface area contributed by atoms with Crippen molar-refractivity contribution in [2.45, 2.75) is 99.3 Å². The summed E-state index contributed by atoms with van der Waals surface area (Å²) < 4.78 is 8.78. The Bertz CT molecular complexity index is 965. The van der Waals surface area contributed by atoms with Crippen molar-refractivity contribution in [1.82, 2.24) is 24.7 Å². The summed E-state index contributed by atoms with van der Waals surface area (Å²) in [7, 11) is 3.90. The summed E-state index contributed by atoms with van der Waals surface area (Å²) in [4.78, 5) is 0. The number of nitrogens with zero attached hydrogens (tertiary/aromatic N) is 5. The average molecular weight is 444 g/mol. The van der Waals surface area contributed by atoms with Crippen LogP contribution in [0.2, 0.25) is 0 Å². The van der Waals surface area contributed by atoms with E-state index in [0.29, 0.717) is 0 Å². The van der Waals surface area contributed by atoms with Crippen LogP contribution >= 0.6 is 0 Å². The van der Waals surface area contributed by atoms with Crippen LogP contribution < -0.4 is 0 Å². The second kappa shape index (κ2) is 10.1. The minimum absolute atomic E-state index is 0.147. The third-order valence-corrected chi connectivity index (χ3v) is 5.18. The zero-order valence-corrected chi connectivity index (χ0v) is 22.9. The van der Waals surface area contributed by atoms with Gasteiger partial charge in [-0.15, -0.1) is 0 Å². The Morgan fingerprint density at radius 3 is 1.47 bits per heavy atom. The van der Waals surface area contributed by atoms with Crippen LogP contribution in [0.15, 0.2) is 23.1 Å². The van der Waals surface area contributed by atoms with E-state index in [2.05, 4.69) is 97.0 Å². The molecule has 0 saturated carbocycles. The van der Waals surface area contributed by atoms with Gasteiger partial charge in [0.05, 0.1) is 17.6 Å². The molecule has 0 aliphatic rings. The van der Waals surface area contributed by atoms with Crippen LogP contribution in [0.1, 0.15) is 96.2 Å². The van der Waals surface area contributed by atoms with E-state index < -0.39 is 0 Å². The van der Waals surface area contributed by atoms with Gasteiger partial charge >= 0.3 is 0 Å². The van der Waals surface area contributed by atoms with Crippen LogP contribution in [0, 0.1) is 20.8 Å². The highest BCUT2D eigenvalue weighted by Gasteiger charge is 2.22. The summed E-state index contributed by atoms with van der Waals surface area (Å²) in [6.07, 6.45) is 6.06. The highest BCUT2D eigenvalue weighted by Crippen LogP contribution is 2.28. The first kappa shape index (κ1) is 27.7. The molecule has 0 aromatic carbocycles. The lowest BCUT2D eigenvalue weighted by Crippen LogP contribution is -2.12. The Morgan fingerprint density at radius 1 is 0.719 bits per heavy atom. The van der Waals surface area contributed by atoms with Crippen molar-refractivity contribution in [3.63, 3.8) is 0 Å². The summed E-state index contributed by atoms with van der Waals surface area (Å²) in [6.45, 7) is 25.7. The summed E-state index contributed by atoms with van der Waals surface area (Å²) in [5.41, 5.74) is 6.60. The number of hydrogen-bond donors (Lipinski definition) is 0. The first-order valence-corrected chi connectivity index (χ1v) is 11.3. The normalized spacial score (nSPS) is 12.1. The minimum atomic E-state index is 0.147. The standard InChI is InChI=1S/C9H16N2.C9H15NO.C8H14N2/c1-7-8(9(2,3)4)6-11(5)10-7;1-6-8(9(3,4)5)7(2)11-10-6;1-8(2,3)7-5-9-10(4)6-7/h6H,1-5H3;1-5H3;5-6H,1-4H3. The lowest BCUT2D eigenvalue weighted by Gasteiger charge is -2.17. The predicted molar refractivity (Wildman–Crippen MR) is 133 cm³/mol. The SMILES string of the molecule is Cc1nn(C)cc1C(C)(C)C.Cc1noc(C)c1C(C)(C)C.Cn1cc(C(C)(C)C)cn1. The van der Waals surface area contributed by atoms with Crippen LogP contribution in [0.25, 0.3) is 0 Å². The maximum absolute atomic E-state index is 5.07. The van der Waals surface area contributed by atoms with Crippen LogP contribution in [0.5, 0.6) is 0 Å². The van der Waals surface area contributed by atoms with Gasteiger partial charge in [0.15, 0.2) is 0 Å². The van der Waals surface area contributed by atoms with Crippen molar-refractivity contribution in [2.75, 3.05) is 0 Å². The van der Waals surface area contributed by atoms with Gasteiger partial charge in [0, 0.05) is 32.1 Å². The molecule has 6 nitrogen and oxygen atoms in total. The molecule has 0 atom stereocenters. The van der Waals surface area contributed by atoms with Gasteiger partial charge in [-0.05, 0) is 48.1 Å². The molecule has 0 N–H and O–H groups in total. The van der Waals surface area contributed by atoms with E-state index in [1.165, 1.54) is 16.7 Å². The topological polar surface area (TPSA) is 61.7 Å². The third kappa shape index (κ3) is 7.95. The summed E-state index contributed by atoms with van der Waals surface area (Å²) in [6, 6.07) is 0. The molecule has 0 spiro atoms. The monoisotopic (exact) mass is 443 g/mol. The molecule has 0 radical (unpaired) electrons. The van der Waals surface area contributed by atoms with E-state index in [9.17, 15) is 0 Å². The maximum atomic E-state index is 5.07. The average Bonchev–Trinajstić information content (AvgIpc) is 3.26.